The first-order chi connectivity index (χ1) is 6.95. The Labute approximate surface area is 91.6 Å². The van der Waals surface area contributed by atoms with E-state index in [0.29, 0.717) is 0 Å². The Bertz CT molecular complexity index is 240. The highest BCUT2D eigenvalue weighted by Crippen LogP contribution is 2.64. The van der Waals surface area contributed by atoms with Gasteiger partial charge in [-0.15, -0.1) is 0 Å². The Kier molecular flexibility index (Phi) is 6.98. The summed E-state index contributed by atoms with van der Waals surface area (Å²) in [6, 6.07) is 0. The molecule has 5 nitrogen and oxygen atoms in total. The van der Waals surface area contributed by atoms with Gasteiger partial charge in [0.15, 0.2) is 0 Å². The van der Waals surface area contributed by atoms with Crippen LogP contribution in [0.3, 0.4) is 0 Å². The van der Waals surface area contributed by atoms with Gasteiger partial charge in [-0.1, -0.05) is 13.8 Å². The molecule has 2 unspecified atom stereocenters. The molecule has 0 saturated carbocycles. The minimum Gasteiger partial charge on any atom is -0.309 e. The van der Waals surface area contributed by atoms with Gasteiger partial charge < -0.3 is 9.05 Å². The van der Waals surface area contributed by atoms with Gasteiger partial charge in [-0.2, -0.15) is 0 Å². The number of hydrogen-bond acceptors (Lipinski definition) is 5. The van der Waals surface area contributed by atoms with E-state index < -0.39 is 15.2 Å². The van der Waals surface area contributed by atoms with Crippen LogP contribution in [-0.4, -0.2) is 25.5 Å². The summed E-state index contributed by atoms with van der Waals surface area (Å²) in [6.07, 6.45) is 0.385. The zero-order chi connectivity index (χ0) is 11.9. The van der Waals surface area contributed by atoms with Gasteiger partial charge in [0.2, 0.25) is 0 Å². The molecule has 0 aliphatic heterocycles. The average molecular weight is 258 g/mol. The lowest BCUT2D eigenvalue weighted by Gasteiger charge is -2.22. The van der Waals surface area contributed by atoms with Crippen molar-refractivity contribution >= 4 is 15.2 Å². The standard InChI is InChI=1S/C8H20O5P2/c1-5-11-14(9,7-3)13-15(10,8-4)12-6-2/h5-8H2,1-4H3. The van der Waals surface area contributed by atoms with Crippen LogP contribution in [0.4, 0.5) is 0 Å². The zero-order valence-electron chi connectivity index (χ0n) is 9.76. The topological polar surface area (TPSA) is 61.8 Å². The summed E-state index contributed by atoms with van der Waals surface area (Å²) in [7, 11) is -6.51. The van der Waals surface area contributed by atoms with Crippen molar-refractivity contribution in [1.82, 2.24) is 0 Å². The first kappa shape index (κ1) is 15.3. The van der Waals surface area contributed by atoms with E-state index in [2.05, 4.69) is 0 Å². The Morgan fingerprint density at radius 1 is 0.800 bits per heavy atom. The number of rotatable bonds is 8. The molecule has 0 radical (unpaired) electrons. The van der Waals surface area contributed by atoms with Crippen molar-refractivity contribution < 1.29 is 22.5 Å². The quantitative estimate of drug-likeness (QED) is 0.623. The summed E-state index contributed by atoms with van der Waals surface area (Å²) in [5.74, 6) is 0. The molecular formula is C8H20O5P2. The van der Waals surface area contributed by atoms with Gasteiger partial charge in [0.1, 0.15) is 0 Å². The minimum absolute atomic E-state index is 0.192. The first-order valence-corrected chi connectivity index (χ1v) is 8.59. The smallest absolute Gasteiger partial charge is 0.309 e. The van der Waals surface area contributed by atoms with E-state index >= 15 is 0 Å². The highest BCUT2D eigenvalue weighted by atomic mass is 31.3. The molecule has 0 aliphatic rings. The predicted octanol–water partition coefficient (Wildman–Crippen LogP) is 3.50. The molecule has 0 aromatic heterocycles. The van der Waals surface area contributed by atoms with Crippen molar-refractivity contribution in [2.45, 2.75) is 27.7 Å². The highest BCUT2D eigenvalue weighted by Gasteiger charge is 2.33. The monoisotopic (exact) mass is 258 g/mol. The van der Waals surface area contributed by atoms with E-state index in [1.165, 1.54) is 0 Å². The lowest BCUT2D eigenvalue weighted by molar-refractivity contribution is 0.239. The second kappa shape index (κ2) is 6.82. The van der Waals surface area contributed by atoms with Crippen molar-refractivity contribution in [2.75, 3.05) is 25.5 Å². The molecule has 0 spiro atoms. The number of hydrogen-bond donors (Lipinski definition) is 0. The maximum atomic E-state index is 11.9. The second-order valence-corrected chi connectivity index (χ2v) is 7.65. The van der Waals surface area contributed by atoms with E-state index in [-0.39, 0.29) is 25.5 Å². The van der Waals surface area contributed by atoms with Crippen LogP contribution in [0.1, 0.15) is 27.7 Å². The Morgan fingerprint density at radius 2 is 1.13 bits per heavy atom. The highest BCUT2D eigenvalue weighted by molar-refractivity contribution is 7.67. The lowest BCUT2D eigenvalue weighted by atomic mass is 10.9. The van der Waals surface area contributed by atoms with Crippen LogP contribution in [0, 0.1) is 0 Å². The molecule has 92 valence electrons. The third-order valence-electron chi connectivity index (χ3n) is 1.67. The molecule has 0 aromatic carbocycles. The van der Waals surface area contributed by atoms with Crippen LogP contribution in [0.15, 0.2) is 0 Å². The molecule has 0 rings (SSSR count). The van der Waals surface area contributed by atoms with E-state index in [1.54, 1.807) is 27.7 Å². The molecule has 7 heteroatoms. The SMILES string of the molecule is CCOP(=O)(CC)OP(=O)(CC)OCC. The van der Waals surface area contributed by atoms with E-state index in [4.69, 9.17) is 13.4 Å². The molecule has 0 heterocycles. The zero-order valence-corrected chi connectivity index (χ0v) is 11.6. The second-order valence-electron chi connectivity index (χ2n) is 2.77. The Balaban J connectivity index is 4.63. The summed E-state index contributed by atoms with van der Waals surface area (Å²) in [4.78, 5) is 0. The largest absolute Gasteiger partial charge is 0.337 e. The third-order valence-corrected chi connectivity index (χ3v) is 6.52. The Morgan fingerprint density at radius 3 is 1.33 bits per heavy atom. The molecule has 0 aromatic rings. The Hall–Kier alpha value is 0.340. The molecule has 2 atom stereocenters. The molecular weight excluding hydrogens is 238 g/mol. The van der Waals surface area contributed by atoms with Gasteiger partial charge in [0.25, 0.3) is 0 Å². The summed E-state index contributed by atoms with van der Waals surface area (Å²) < 4.78 is 38.9. The van der Waals surface area contributed by atoms with Gasteiger partial charge in [-0.3, -0.25) is 9.13 Å². The van der Waals surface area contributed by atoms with Crippen LogP contribution >= 0.6 is 15.2 Å². The van der Waals surface area contributed by atoms with Gasteiger partial charge in [-0.05, 0) is 13.8 Å². The van der Waals surface area contributed by atoms with Gasteiger partial charge >= 0.3 is 15.2 Å². The van der Waals surface area contributed by atoms with Crippen molar-refractivity contribution in [3.63, 3.8) is 0 Å². The molecule has 0 N–H and O–H groups in total. The molecule has 15 heavy (non-hydrogen) atoms. The van der Waals surface area contributed by atoms with Crippen molar-refractivity contribution in [3.8, 4) is 0 Å². The maximum absolute atomic E-state index is 11.9. The van der Waals surface area contributed by atoms with Gasteiger partial charge in [0.05, 0.1) is 13.2 Å². The molecule has 0 bridgehead atoms. The van der Waals surface area contributed by atoms with E-state index in [1.807, 2.05) is 0 Å². The average Bonchev–Trinajstić information content (AvgIpc) is 2.18. The fraction of sp³-hybridized carbons (Fsp3) is 1.00. The van der Waals surface area contributed by atoms with Crippen LogP contribution in [0.2, 0.25) is 0 Å². The maximum Gasteiger partial charge on any atom is 0.337 e. The van der Waals surface area contributed by atoms with Crippen LogP contribution in [0.25, 0.3) is 0 Å². The van der Waals surface area contributed by atoms with Crippen molar-refractivity contribution in [3.05, 3.63) is 0 Å². The predicted molar refractivity (Wildman–Crippen MR) is 60.6 cm³/mol. The summed E-state index contributed by atoms with van der Waals surface area (Å²) in [5.41, 5.74) is 0. The van der Waals surface area contributed by atoms with Gasteiger partial charge in [-0.25, -0.2) is 4.31 Å². The third kappa shape index (κ3) is 5.28. The van der Waals surface area contributed by atoms with Crippen LogP contribution in [-0.2, 0) is 22.5 Å². The van der Waals surface area contributed by atoms with Crippen molar-refractivity contribution in [1.29, 1.82) is 0 Å². The van der Waals surface area contributed by atoms with Crippen molar-refractivity contribution in [2.24, 2.45) is 0 Å². The van der Waals surface area contributed by atoms with Crippen LogP contribution in [0.5, 0.6) is 0 Å². The minimum atomic E-state index is -3.26. The normalized spacial score (nSPS) is 19.5. The molecule has 0 saturated heterocycles. The summed E-state index contributed by atoms with van der Waals surface area (Å²) in [6.45, 7) is 7.29. The van der Waals surface area contributed by atoms with E-state index in [0.717, 1.165) is 0 Å². The molecule has 0 amide bonds. The first-order valence-electron chi connectivity index (χ1n) is 5.13. The fourth-order valence-electron chi connectivity index (χ4n) is 0.928. The summed E-state index contributed by atoms with van der Waals surface area (Å²) in [5, 5.41) is 0. The van der Waals surface area contributed by atoms with Gasteiger partial charge in [0, 0.05) is 12.3 Å². The fourth-order valence-corrected chi connectivity index (χ4v) is 4.90. The van der Waals surface area contributed by atoms with Crippen LogP contribution < -0.4 is 0 Å². The molecule has 0 fully saturated rings. The lowest BCUT2D eigenvalue weighted by Crippen LogP contribution is -2.01. The van der Waals surface area contributed by atoms with E-state index in [9.17, 15) is 9.13 Å². The molecule has 0 aliphatic carbocycles. The summed E-state index contributed by atoms with van der Waals surface area (Å²) >= 11 is 0.